The second-order valence-corrected chi connectivity index (χ2v) is 4.51. The summed E-state index contributed by atoms with van der Waals surface area (Å²) in [6.07, 6.45) is 1.43. The van der Waals surface area contributed by atoms with Gasteiger partial charge in [0.2, 0.25) is 0 Å². The Morgan fingerprint density at radius 2 is 1.35 bits per heavy atom. The van der Waals surface area contributed by atoms with Crippen molar-refractivity contribution in [1.82, 2.24) is 4.98 Å². The Morgan fingerprint density at radius 3 is 2.00 bits per heavy atom. The van der Waals surface area contributed by atoms with E-state index < -0.39 is 0 Å². The maximum Gasteiger partial charge on any atom is 0.259 e. The fourth-order valence-corrected chi connectivity index (χ4v) is 2.21. The second-order valence-electron chi connectivity index (χ2n) is 4.51. The van der Waals surface area contributed by atoms with Gasteiger partial charge in [0.25, 0.3) is 5.56 Å². The van der Waals surface area contributed by atoms with Crippen molar-refractivity contribution in [2.24, 2.45) is 0 Å². The van der Waals surface area contributed by atoms with E-state index in [2.05, 4.69) is 4.98 Å². The Bertz CT molecular complexity index is 774. The monoisotopic (exact) mass is 263 g/mol. The number of hydrogen-bond donors (Lipinski definition) is 2. The molecule has 0 atom stereocenters. The minimum atomic E-state index is -0.294. The Labute approximate surface area is 116 Å². The first-order chi connectivity index (χ1) is 9.75. The number of rotatable bonds is 2. The summed E-state index contributed by atoms with van der Waals surface area (Å²) < 4.78 is 0. The third-order valence-corrected chi connectivity index (χ3v) is 3.22. The van der Waals surface area contributed by atoms with Crippen LogP contribution in [0.4, 0.5) is 0 Å². The standard InChI is InChI=1S/C17H13NO2/c19-15-10-11-18-17(20)16(15)14-8-6-13(7-9-14)12-4-2-1-3-5-12/h1-11H,(H2,18,19,20). The highest BCUT2D eigenvalue weighted by molar-refractivity contribution is 5.73. The van der Waals surface area contributed by atoms with Crippen LogP contribution in [0.25, 0.3) is 22.3 Å². The minimum absolute atomic E-state index is 0.0128. The third kappa shape index (κ3) is 2.21. The van der Waals surface area contributed by atoms with E-state index in [-0.39, 0.29) is 11.3 Å². The van der Waals surface area contributed by atoms with Crippen LogP contribution >= 0.6 is 0 Å². The van der Waals surface area contributed by atoms with Crippen LogP contribution in [0.2, 0.25) is 0 Å². The van der Waals surface area contributed by atoms with Crippen LogP contribution in [0.1, 0.15) is 0 Å². The van der Waals surface area contributed by atoms with Crippen LogP contribution in [-0.4, -0.2) is 10.1 Å². The first kappa shape index (κ1) is 12.2. The van der Waals surface area contributed by atoms with Gasteiger partial charge < -0.3 is 10.1 Å². The van der Waals surface area contributed by atoms with E-state index in [1.807, 2.05) is 54.6 Å². The fraction of sp³-hybridized carbons (Fsp3) is 0. The number of pyridine rings is 1. The molecule has 2 aromatic carbocycles. The first-order valence-electron chi connectivity index (χ1n) is 6.32. The van der Waals surface area contributed by atoms with Crippen molar-refractivity contribution < 1.29 is 5.11 Å². The molecule has 1 aromatic heterocycles. The summed E-state index contributed by atoms with van der Waals surface area (Å²) in [7, 11) is 0. The minimum Gasteiger partial charge on any atom is -0.507 e. The van der Waals surface area contributed by atoms with Crippen molar-refractivity contribution >= 4 is 0 Å². The van der Waals surface area contributed by atoms with Gasteiger partial charge in [-0.2, -0.15) is 0 Å². The molecule has 0 amide bonds. The molecule has 0 aliphatic rings. The molecule has 0 radical (unpaired) electrons. The summed E-state index contributed by atoms with van der Waals surface area (Å²) in [6.45, 7) is 0. The number of aromatic hydroxyl groups is 1. The van der Waals surface area contributed by atoms with E-state index in [1.165, 1.54) is 12.3 Å². The van der Waals surface area contributed by atoms with Crippen molar-refractivity contribution in [2.75, 3.05) is 0 Å². The van der Waals surface area contributed by atoms with Gasteiger partial charge in [0.15, 0.2) is 0 Å². The quantitative estimate of drug-likeness (QED) is 0.744. The Morgan fingerprint density at radius 1 is 0.750 bits per heavy atom. The first-order valence-corrected chi connectivity index (χ1v) is 6.32. The molecule has 3 nitrogen and oxygen atoms in total. The predicted octanol–water partition coefficient (Wildman–Crippen LogP) is 3.41. The van der Waals surface area contributed by atoms with E-state index in [0.717, 1.165) is 11.1 Å². The van der Waals surface area contributed by atoms with Crippen LogP contribution in [-0.2, 0) is 0 Å². The second kappa shape index (κ2) is 5.05. The van der Waals surface area contributed by atoms with Gasteiger partial charge in [0.1, 0.15) is 5.75 Å². The lowest BCUT2D eigenvalue weighted by Gasteiger charge is -2.05. The zero-order valence-electron chi connectivity index (χ0n) is 10.7. The Kier molecular flexibility index (Phi) is 3.09. The molecular weight excluding hydrogens is 250 g/mol. The summed E-state index contributed by atoms with van der Waals surface area (Å²) in [5.41, 5.74) is 2.89. The Hall–Kier alpha value is -2.81. The van der Waals surface area contributed by atoms with Crippen LogP contribution < -0.4 is 5.56 Å². The maximum absolute atomic E-state index is 11.8. The van der Waals surface area contributed by atoms with Gasteiger partial charge in [-0.05, 0) is 22.8 Å². The van der Waals surface area contributed by atoms with E-state index in [4.69, 9.17) is 0 Å². The van der Waals surface area contributed by atoms with Crippen molar-refractivity contribution in [1.29, 1.82) is 0 Å². The summed E-state index contributed by atoms with van der Waals surface area (Å²) in [6, 6.07) is 19.0. The zero-order valence-corrected chi connectivity index (χ0v) is 10.7. The van der Waals surface area contributed by atoms with Gasteiger partial charge in [-0.1, -0.05) is 54.6 Å². The molecule has 0 aliphatic carbocycles. The molecule has 0 bridgehead atoms. The molecule has 98 valence electrons. The lowest BCUT2D eigenvalue weighted by Crippen LogP contribution is -2.07. The van der Waals surface area contributed by atoms with Crippen LogP contribution in [0, 0.1) is 0 Å². The Balaban J connectivity index is 2.04. The third-order valence-electron chi connectivity index (χ3n) is 3.22. The summed E-state index contributed by atoms with van der Waals surface area (Å²) >= 11 is 0. The van der Waals surface area contributed by atoms with Crippen molar-refractivity contribution in [3.05, 3.63) is 77.2 Å². The normalized spacial score (nSPS) is 10.4. The van der Waals surface area contributed by atoms with Crippen LogP contribution in [0.5, 0.6) is 5.75 Å². The fourth-order valence-electron chi connectivity index (χ4n) is 2.21. The maximum atomic E-state index is 11.8. The van der Waals surface area contributed by atoms with Gasteiger partial charge in [-0.15, -0.1) is 0 Å². The number of aromatic amines is 1. The van der Waals surface area contributed by atoms with Gasteiger partial charge >= 0.3 is 0 Å². The molecule has 20 heavy (non-hydrogen) atoms. The highest BCUT2D eigenvalue weighted by atomic mass is 16.3. The molecule has 0 spiro atoms. The highest BCUT2D eigenvalue weighted by Gasteiger charge is 2.08. The van der Waals surface area contributed by atoms with Gasteiger partial charge in [0.05, 0.1) is 5.56 Å². The molecule has 1 heterocycles. The molecule has 0 fully saturated rings. The van der Waals surface area contributed by atoms with Crippen molar-refractivity contribution in [2.45, 2.75) is 0 Å². The zero-order chi connectivity index (χ0) is 13.9. The molecule has 3 rings (SSSR count). The SMILES string of the molecule is O=c1[nH]ccc(O)c1-c1ccc(-c2ccccc2)cc1. The molecule has 3 heteroatoms. The molecule has 0 saturated carbocycles. The van der Waals surface area contributed by atoms with Gasteiger partial charge in [-0.3, -0.25) is 4.79 Å². The lowest BCUT2D eigenvalue weighted by molar-refractivity contribution is 0.476. The van der Waals surface area contributed by atoms with E-state index in [1.54, 1.807) is 0 Å². The van der Waals surface area contributed by atoms with Gasteiger partial charge in [0, 0.05) is 6.20 Å². The molecule has 0 unspecified atom stereocenters. The number of hydrogen-bond acceptors (Lipinski definition) is 2. The van der Waals surface area contributed by atoms with Gasteiger partial charge in [-0.25, -0.2) is 0 Å². The summed E-state index contributed by atoms with van der Waals surface area (Å²) in [5, 5.41) is 9.81. The summed E-state index contributed by atoms with van der Waals surface area (Å²) in [4.78, 5) is 14.3. The molecule has 0 aliphatic heterocycles. The molecule has 0 saturated heterocycles. The van der Waals surface area contributed by atoms with E-state index in [9.17, 15) is 9.90 Å². The van der Waals surface area contributed by atoms with Crippen molar-refractivity contribution in [3.8, 4) is 28.0 Å². The van der Waals surface area contributed by atoms with E-state index in [0.29, 0.717) is 11.1 Å². The van der Waals surface area contributed by atoms with Crippen LogP contribution in [0.15, 0.2) is 71.7 Å². The largest absolute Gasteiger partial charge is 0.507 e. The summed E-state index contributed by atoms with van der Waals surface area (Å²) in [5.74, 6) is -0.0128. The predicted molar refractivity (Wildman–Crippen MR) is 79.6 cm³/mol. The number of benzene rings is 2. The average molecular weight is 263 g/mol. The highest BCUT2D eigenvalue weighted by Crippen LogP contribution is 2.27. The molecular formula is C17H13NO2. The van der Waals surface area contributed by atoms with E-state index >= 15 is 0 Å². The molecule has 3 aromatic rings. The topological polar surface area (TPSA) is 53.1 Å². The number of nitrogens with one attached hydrogen (secondary N) is 1. The van der Waals surface area contributed by atoms with Crippen LogP contribution in [0.3, 0.4) is 0 Å². The number of H-pyrrole nitrogens is 1. The lowest BCUT2D eigenvalue weighted by atomic mass is 10.0. The number of aromatic nitrogens is 1. The van der Waals surface area contributed by atoms with Crippen molar-refractivity contribution in [3.63, 3.8) is 0 Å². The average Bonchev–Trinajstić information content (AvgIpc) is 2.49. The molecule has 2 N–H and O–H groups in total. The smallest absolute Gasteiger partial charge is 0.259 e.